The van der Waals surface area contributed by atoms with Crippen LogP contribution in [0.2, 0.25) is 0 Å². The van der Waals surface area contributed by atoms with Crippen molar-refractivity contribution < 1.29 is 14.3 Å². The third kappa shape index (κ3) is 8.34. The van der Waals surface area contributed by atoms with Crippen LogP contribution in [0.15, 0.2) is 30.3 Å². The van der Waals surface area contributed by atoms with E-state index in [0.717, 1.165) is 12.0 Å². The van der Waals surface area contributed by atoms with Crippen LogP contribution in [0.5, 0.6) is 0 Å². The number of hydrazine groups is 1. The van der Waals surface area contributed by atoms with Gasteiger partial charge in [0.15, 0.2) is 0 Å². The van der Waals surface area contributed by atoms with E-state index in [1.54, 1.807) is 6.92 Å². The minimum Gasteiger partial charge on any atom is -0.464 e. The first-order valence-electron chi connectivity index (χ1n) is 8.67. The minimum absolute atomic E-state index is 0.252. The Bertz CT molecular complexity index is 514. The molecule has 0 aliphatic carbocycles. The molecular weight excluding hydrogens is 342 g/mol. The Labute approximate surface area is 154 Å². The molecule has 0 saturated carbocycles. The second-order valence-corrected chi connectivity index (χ2v) is 5.98. The van der Waals surface area contributed by atoms with Gasteiger partial charge in [0.1, 0.15) is 12.1 Å². The highest BCUT2D eigenvalue weighted by molar-refractivity contribution is 6.18. The Morgan fingerprint density at radius 1 is 1.16 bits per heavy atom. The fourth-order valence-electron chi connectivity index (χ4n) is 2.35. The SMILES string of the molecule is CCC[C@H](NC(=O)[C@H](Cc1ccccc1)NNCCCl)C(=O)OCC. The summed E-state index contributed by atoms with van der Waals surface area (Å²) < 4.78 is 5.05. The Hall–Kier alpha value is -1.63. The summed E-state index contributed by atoms with van der Waals surface area (Å²) in [5.74, 6) is -0.226. The highest BCUT2D eigenvalue weighted by Crippen LogP contribution is 2.05. The molecule has 140 valence electrons. The highest BCUT2D eigenvalue weighted by Gasteiger charge is 2.26. The van der Waals surface area contributed by atoms with Crippen molar-refractivity contribution >= 4 is 23.5 Å². The van der Waals surface area contributed by atoms with Crippen LogP contribution in [0.3, 0.4) is 0 Å². The zero-order valence-electron chi connectivity index (χ0n) is 14.9. The van der Waals surface area contributed by atoms with Gasteiger partial charge in [0.2, 0.25) is 5.91 Å². The molecule has 1 aromatic rings. The third-order valence-corrected chi connectivity index (χ3v) is 3.75. The molecular formula is C18H28ClN3O3. The van der Waals surface area contributed by atoms with Crippen LogP contribution >= 0.6 is 11.6 Å². The minimum atomic E-state index is -0.634. The lowest BCUT2D eigenvalue weighted by atomic mass is 10.0. The number of hydrogen-bond acceptors (Lipinski definition) is 5. The summed E-state index contributed by atoms with van der Waals surface area (Å²) in [5, 5.41) is 2.80. The van der Waals surface area contributed by atoms with Crippen LogP contribution in [0.25, 0.3) is 0 Å². The zero-order valence-corrected chi connectivity index (χ0v) is 15.6. The number of rotatable bonds is 12. The molecule has 1 rings (SSSR count). The monoisotopic (exact) mass is 369 g/mol. The molecule has 1 amide bonds. The molecule has 0 radical (unpaired) electrons. The van der Waals surface area contributed by atoms with E-state index in [9.17, 15) is 9.59 Å². The number of esters is 1. The lowest BCUT2D eigenvalue weighted by molar-refractivity contribution is -0.147. The molecule has 1 aromatic carbocycles. The Balaban J connectivity index is 2.76. The van der Waals surface area contributed by atoms with E-state index >= 15 is 0 Å². The van der Waals surface area contributed by atoms with Crippen molar-refractivity contribution in [1.82, 2.24) is 16.2 Å². The van der Waals surface area contributed by atoms with E-state index in [-0.39, 0.29) is 12.5 Å². The Kier molecular flexibility index (Phi) is 10.9. The lowest BCUT2D eigenvalue weighted by Gasteiger charge is -2.22. The number of hydrogen-bond donors (Lipinski definition) is 3. The number of nitrogens with one attached hydrogen (secondary N) is 3. The smallest absolute Gasteiger partial charge is 0.328 e. The van der Waals surface area contributed by atoms with E-state index in [1.165, 1.54) is 0 Å². The van der Waals surface area contributed by atoms with Crippen LogP contribution in [0, 0.1) is 0 Å². The fourth-order valence-corrected chi connectivity index (χ4v) is 2.45. The van der Waals surface area contributed by atoms with Gasteiger partial charge in [-0.05, 0) is 25.3 Å². The van der Waals surface area contributed by atoms with Gasteiger partial charge in [0.05, 0.1) is 6.61 Å². The van der Waals surface area contributed by atoms with Crippen molar-refractivity contribution in [3.63, 3.8) is 0 Å². The van der Waals surface area contributed by atoms with Crippen LogP contribution in [0.4, 0.5) is 0 Å². The Morgan fingerprint density at radius 3 is 2.48 bits per heavy atom. The average Bonchev–Trinajstić information content (AvgIpc) is 2.61. The van der Waals surface area contributed by atoms with E-state index in [0.29, 0.717) is 25.3 Å². The summed E-state index contributed by atoms with van der Waals surface area (Å²) in [6.07, 6.45) is 1.80. The lowest BCUT2D eigenvalue weighted by Crippen LogP contribution is -2.55. The number of carbonyl (C=O) groups excluding carboxylic acids is 2. The summed E-state index contributed by atoms with van der Waals surface area (Å²) in [4.78, 5) is 24.7. The summed E-state index contributed by atoms with van der Waals surface area (Å²) in [7, 11) is 0. The standard InChI is InChI=1S/C18H28ClN3O3/c1-3-8-15(18(24)25-4-2)21-17(23)16(22-20-12-11-19)13-14-9-6-5-7-10-14/h5-7,9-10,15-16,20,22H,3-4,8,11-13H2,1-2H3,(H,21,23)/t15-,16-/m0/s1. The summed E-state index contributed by atoms with van der Waals surface area (Å²) in [6, 6.07) is 8.53. The van der Waals surface area contributed by atoms with Gasteiger partial charge in [-0.15, -0.1) is 11.6 Å². The maximum atomic E-state index is 12.7. The van der Waals surface area contributed by atoms with Gasteiger partial charge in [-0.2, -0.15) is 0 Å². The number of ether oxygens (including phenoxy) is 1. The van der Waals surface area contributed by atoms with Gasteiger partial charge in [0.25, 0.3) is 0 Å². The molecule has 0 unspecified atom stereocenters. The molecule has 0 aliphatic heterocycles. The quantitative estimate of drug-likeness (QED) is 0.226. The van der Waals surface area contributed by atoms with E-state index < -0.39 is 18.1 Å². The summed E-state index contributed by atoms with van der Waals surface area (Å²) >= 11 is 5.66. The first-order valence-corrected chi connectivity index (χ1v) is 9.21. The topological polar surface area (TPSA) is 79.5 Å². The zero-order chi connectivity index (χ0) is 18.5. The van der Waals surface area contributed by atoms with Crippen molar-refractivity contribution in [3.8, 4) is 0 Å². The molecule has 2 atom stereocenters. The second kappa shape index (κ2) is 12.7. The van der Waals surface area contributed by atoms with Crippen LogP contribution in [-0.4, -0.2) is 43.0 Å². The molecule has 0 spiro atoms. The summed E-state index contributed by atoms with van der Waals surface area (Å²) in [5.41, 5.74) is 6.95. The number of benzene rings is 1. The Morgan fingerprint density at radius 2 is 1.88 bits per heavy atom. The molecule has 3 N–H and O–H groups in total. The average molecular weight is 370 g/mol. The maximum Gasteiger partial charge on any atom is 0.328 e. The molecule has 0 bridgehead atoms. The molecule has 0 aliphatic rings. The normalized spacial score (nSPS) is 13.1. The van der Waals surface area contributed by atoms with Gasteiger partial charge in [-0.25, -0.2) is 10.2 Å². The molecule has 0 saturated heterocycles. The maximum absolute atomic E-state index is 12.7. The molecule has 0 heterocycles. The van der Waals surface area contributed by atoms with Gasteiger partial charge in [0, 0.05) is 12.4 Å². The van der Waals surface area contributed by atoms with Crippen molar-refractivity contribution in [2.24, 2.45) is 0 Å². The number of carbonyl (C=O) groups is 2. The van der Waals surface area contributed by atoms with Crippen molar-refractivity contribution in [2.45, 2.75) is 45.2 Å². The number of amides is 1. The molecule has 0 aromatic heterocycles. The van der Waals surface area contributed by atoms with E-state index in [1.807, 2.05) is 37.3 Å². The molecule has 25 heavy (non-hydrogen) atoms. The summed E-state index contributed by atoms with van der Waals surface area (Å²) in [6.45, 7) is 4.52. The van der Waals surface area contributed by atoms with Crippen LogP contribution < -0.4 is 16.2 Å². The predicted molar refractivity (Wildman–Crippen MR) is 99.3 cm³/mol. The number of alkyl halides is 1. The van der Waals surface area contributed by atoms with Gasteiger partial charge in [-0.1, -0.05) is 43.7 Å². The fraction of sp³-hybridized carbons (Fsp3) is 0.556. The third-order valence-electron chi connectivity index (χ3n) is 3.56. The van der Waals surface area contributed by atoms with Crippen molar-refractivity contribution in [1.29, 1.82) is 0 Å². The number of halogens is 1. The van der Waals surface area contributed by atoms with Gasteiger partial charge in [-0.3, -0.25) is 10.2 Å². The van der Waals surface area contributed by atoms with Gasteiger partial charge < -0.3 is 10.1 Å². The van der Waals surface area contributed by atoms with Crippen LogP contribution in [-0.2, 0) is 20.7 Å². The van der Waals surface area contributed by atoms with Crippen LogP contribution in [0.1, 0.15) is 32.3 Å². The van der Waals surface area contributed by atoms with E-state index in [4.69, 9.17) is 16.3 Å². The van der Waals surface area contributed by atoms with Crippen molar-refractivity contribution in [2.75, 3.05) is 19.0 Å². The molecule has 6 nitrogen and oxygen atoms in total. The van der Waals surface area contributed by atoms with Crippen molar-refractivity contribution in [3.05, 3.63) is 35.9 Å². The largest absolute Gasteiger partial charge is 0.464 e. The second-order valence-electron chi connectivity index (χ2n) is 5.60. The van der Waals surface area contributed by atoms with Gasteiger partial charge >= 0.3 is 5.97 Å². The van der Waals surface area contributed by atoms with E-state index in [2.05, 4.69) is 16.2 Å². The first kappa shape index (κ1) is 21.4. The molecule has 0 fully saturated rings. The predicted octanol–water partition coefficient (Wildman–Crippen LogP) is 1.78. The molecule has 7 heteroatoms. The first-order chi connectivity index (χ1) is 12.1. The highest BCUT2D eigenvalue weighted by atomic mass is 35.5.